The average Bonchev–Trinajstić information content (AvgIpc) is 2.65. The Hall–Kier alpha value is -0.380. The summed E-state index contributed by atoms with van der Waals surface area (Å²) in [4.78, 5) is 2.71. The van der Waals surface area contributed by atoms with Gasteiger partial charge in [-0.2, -0.15) is 0 Å². The zero-order chi connectivity index (χ0) is 12.2. The van der Waals surface area contributed by atoms with Gasteiger partial charge in [0.2, 0.25) is 0 Å². The Morgan fingerprint density at radius 3 is 2.56 bits per heavy atom. The lowest BCUT2D eigenvalue weighted by molar-refractivity contribution is -0.0100. The van der Waals surface area contributed by atoms with Gasteiger partial charge in [0, 0.05) is 16.9 Å². The summed E-state index contributed by atoms with van der Waals surface area (Å²) in [7, 11) is 1.78. The molecule has 0 aliphatic heterocycles. The Labute approximate surface area is 103 Å². The molecule has 1 unspecified atom stereocenters. The van der Waals surface area contributed by atoms with Crippen LogP contribution in [0.25, 0.3) is 0 Å². The minimum atomic E-state index is -0.174. The summed E-state index contributed by atoms with van der Waals surface area (Å²) in [6, 6.07) is 4.65. The monoisotopic (exact) mass is 241 g/mol. The zero-order valence-electron chi connectivity index (χ0n) is 11.0. The van der Waals surface area contributed by atoms with Gasteiger partial charge in [-0.1, -0.05) is 6.92 Å². The van der Waals surface area contributed by atoms with Crippen LogP contribution in [0.4, 0.5) is 0 Å². The normalized spacial score (nSPS) is 14.1. The first-order valence-corrected chi connectivity index (χ1v) is 6.67. The fraction of sp³-hybridized carbons (Fsp3) is 0.692. The first-order chi connectivity index (χ1) is 7.51. The van der Waals surface area contributed by atoms with E-state index >= 15 is 0 Å². The number of hydrogen-bond donors (Lipinski definition) is 1. The Balaban J connectivity index is 2.87. The van der Waals surface area contributed by atoms with Crippen molar-refractivity contribution in [3.05, 3.63) is 21.9 Å². The van der Waals surface area contributed by atoms with Crippen molar-refractivity contribution < 1.29 is 4.74 Å². The Morgan fingerprint density at radius 1 is 1.44 bits per heavy atom. The highest BCUT2D eigenvalue weighted by Crippen LogP contribution is 2.32. The molecule has 1 aromatic heterocycles. The van der Waals surface area contributed by atoms with E-state index in [4.69, 9.17) is 4.74 Å². The molecule has 0 radical (unpaired) electrons. The van der Waals surface area contributed by atoms with E-state index in [1.165, 1.54) is 9.75 Å². The molecule has 1 heterocycles. The largest absolute Gasteiger partial charge is 0.377 e. The number of ether oxygens (including phenoxy) is 1. The minimum Gasteiger partial charge on any atom is -0.377 e. The smallest absolute Gasteiger partial charge is 0.0824 e. The lowest BCUT2D eigenvalue weighted by atomic mass is 9.97. The van der Waals surface area contributed by atoms with Crippen molar-refractivity contribution >= 4 is 11.3 Å². The second kappa shape index (κ2) is 5.80. The molecule has 16 heavy (non-hydrogen) atoms. The molecule has 0 bridgehead atoms. The van der Waals surface area contributed by atoms with Crippen LogP contribution in [0.5, 0.6) is 0 Å². The quantitative estimate of drug-likeness (QED) is 0.822. The van der Waals surface area contributed by atoms with Gasteiger partial charge < -0.3 is 10.1 Å². The van der Waals surface area contributed by atoms with Crippen molar-refractivity contribution in [2.75, 3.05) is 13.7 Å². The fourth-order valence-corrected chi connectivity index (χ4v) is 2.83. The van der Waals surface area contributed by atoms with Crippen LogP contribution in [-0.2, 0) is 4.74 Å². The molecule has 0 amide bonds. The van der Waals surface area contributed by atoms with E-state index in [2.05, 4.69) is 45.1 Å². The second-order valence-corrected chi connectivity index (χ2v) is 5.96. The van der Waals surface area contributed by atoms with Gasteiger partial charge in [-0.3, -0.25) is 0 Å². The number of nitrogens with one attached hydrogen (secondary N) is 1. The Kier molecular flexibility index (Phi) is 4.96. The van der Waals surface area contributed by atoms with Crippen LogP contribution in [0, 0.1) is 6.92 Å². The lowest BCUT2D eigenvalue weighted by Crippen LogP contribution is -2.40. The van der Waals surface area contributed by atoms with E-state index in [9.17, 15) is 0 Å². The summed E-state index contributed by atoms with van der Waals surface area (Å²) < 4.78 is 5.60. The Bertz CT molecular complexity index is 319. The molecule has 1 N–H and O–H groups in total. The fourth-order valence-electron chi connectivity index (χ4n) is 1.70. The maximum Gasteiger partial charge on any atom is 0.0824 e. The predicted molar refractivity (Wildman–Crippen MR) is 71.2 cm³/mol. The van der Waals surface area contributed by atoms with Gasteiger partial charge in [0.1, 0.15) is 0 Å². The van der Waals surface area contributed by atoms with Crippen molar-refractivity contribution in [1.82, 2.24) is 5.32 Å². The third-order valence-electron chi connectivity index (χ3n) is 2.87. The highest BCUT2D eigenvalue weighted by molar-refractivity contribution is 7.12. The molecule has 0 spiro atoms. The SMILES string of the molecule is CCCNC(c1ccc(C)s1)C(C)(C)OC. The van der Waals surface area contributed by atoms with Crippen LogP contribution in [0.15, 0.2) is 12.1 Å². The van der Waals surface area contributed by atoms with Gasteiger partial charge in [0.05, 0.1) is 11.6 Å². The Morgan fingerprint density at radius 2 is 2.12 bits per heavy atom. The highest BCUT2D eigenvalue weighted by Gasteiger charge is 2.31. The minimum absolute atomic E-state index is 0.174. The van der Waals surface area contributed by atoms with E-state index in [0.29, 0.717) is 0 Å². The molecule has 3 heteroatoms. The van der Waals surface area contributed by atoms with E-state index in [0.717, 1.165) is 13.0 Å². The molecule has 92 valence electrons. The average molecular weight is 241 g/mol. The van der Waals surface area contributed by atoms with Crippen molar-refractivity contribution in [1.29, 1.82) is 0 Å². The van der Waals surface area contributed by atoms with Gasteiger partial charge in [-0.05, 0) is 45.9 Å². The van der Waals surface area contributed by atoms with Gasteiger partial charge in [-0.25, -0.2) is 0 Å². The topological polar surface area (TPSA) is 21.3 Å². The summed E-state index contributed by atoms with van der Waals surface area (Å²) >= 11 is 1.85. The number of thiophene rings is 1. The third-order valence-corrected chi connectivity index (χ3v) is 3.93. The van der Waals surface area contributed by atoms with Crippen LogP contribution >= 0.6 is 11.3 Å². The molecule has 1 aromatic rings. The van der Waals surface area contributed by atoms with E-state index in [1.807, 2.05) is 11.3 Å². The molecule has 0 saturated heterocycles. The predicted octanol–water partition coefficient (Wildman–Crippen LogP) is 3.52. The number of methoxy groups -OCH3 is 1. The summed E-state index contributed by atoms with van der Waals surface area (Å²) in [5.74, 6) is 0. The van der Waals surface area contributed by atoms with Crippen LogP contribution < -0.4 is 5.32 Å². The van der Waals surface area contributed by atoms with E-state index in [-0.39, 0.29) is 11.6 Å². The zero-order valence-corrected chi connectivity index (χ0v) is 11.8. The number of rotatable bonds is 6. The van der Waals surface area contributed by atoms with Crippen molar-refractivity contribution in [3.63, 3.8) is 0 Å². The number of hydrogen-bond acceptors (Lipinski definition) is 3. The van der Waals surface area contributed by atoms with Crippen molar-refractivity contribution in [3.8, 4) is 0 Å². The van der Waals surface area contributed by atoms with Gasteiger partial charge in [-0.15, -0.1) is 11.3 Å². The molecule has 1 atom stereocenters. The summed E-state index contributed by atoms with van der Waals surface area (Å²) in [6.45, 7) is 9.62. The molecule has 0 fully saturated rings. The molecule has 1 rings (SSSR count). The summed E-state index contributed by atoms with van der Waals surface area (Å²) in [6.07, 6.45) is 1.14. The summed E-state index contributed by atoms with van der Waals surface area (Å²) in [5.41, 5.74) is -0.174. The van der Waals surface area contributed by atoms with Gasteiger partial charge in [0.15, 0.2) is 0 Å². The van der Waals surface area contributed by atoms with Crippen LogP contribution in [-0.4, -0.2) is 19.3 Å². The first-order valence-electron chi connectivity index (χ1n) is 5.86. The van der Waals surface area contributed by atoms with Gasteiger partial charge in [0.25, 0.3) is 0 Å². The summed E-state index contributed by atoms with van der Waals surface area (Å²) in [5, 5.41) is 3.58. The third kappa shape index (κ3) is 3.30. The highest BCUT2D eigenvalue weighted by atomic mass is 32.1. The maximum atomic E-state index is 5.60. The molecular weight excluding hydrogens is 218 g/mol. The van der Waals surface area contributed by atoms with Gasteiger partial charge >= 0.3 is 0 Å². The first kappa shape index (κ1) is 13.7. The van der Waals surface area contributed by atoms with Crippen molar-refractivity contribution in [2.24, 2.45) is 0 Å². The van der Waals surface area contributed by atoms with Crippen LogP contribution in [0.2, 0.25) is 0 Å². The molecule has 2 nitrogen and oxygen atoms in total. The van der Waals surface area contributed by atoms with Crippen LogP contribution in [0.3, 0.4) is 0 Å². The second-order valence-electron chi connectivity index (χ2n) is 4.64. The van der Waals surface area contributed by atoms with E-state index in [1.54, 1.807) is 7.11 Å². The number of aryl methyl sites for hydroxylation is 1. The molecule has 0 aliphatic rings. The molecule has 0 aliphatic carbocycles. The lowest BCUT2D eigenvalue weighted by Gasteiger charge is -2.33. The molecule has 0 aromatic carbocycles. The van der Waals surface area contributed by atoms with Crippen LogP contribution in [0.1, 0.15) is 43.0 Å². The van der Waals surface area contributed by atoms with Crippen molar-refractivity contribution in [2.45, 2.75) is 45.8 Å². The molecule has 0 saturated carbocycles. The standard InChI is InChI=1S/C13H23NOS/c1-6-9-14-12(13(3,4)15-5)11-8-7-10(2)16-11/h7-8,12,14H,6,9H2,1-5H3. The van der Waals surface area contributed by atoms with E-state index < -0.39 is 0 Å². The maximum absolute atomic E-state index is 5.60. The molecular formula is C13H23NOS.